The summed E-state index contributed by atoms with van der Waals surface area (Å²) in [6.07, 6.45) is 2.58. The van der Waals surface area contributed by atoms with E-state index in [2.05, 4.69) is 20.9 Å². The molecule has 1 fully saturated rings. The molecule has 2 unspecified atom stereocenters. The third kappa shape index (κ3) is 2.80. The number of amides is 1. The quantitative estimate of drug-likeness (QED) is 0.907. The largest absolute Gasteiger partial charge is 0.396 e. The number of hydrogen-bond donors (Lipinski definition) is 1. The van der Waals surface area contributed by atoms with Gasteiger partial charge >= 0.3 is 0 Å². The van der Waals surface area contributed by atoms with E-state index in [4.69, 9.17) is 0 Å². The zero-order valence-electron chi connectivity index (χ0n) is 11.8. The lowest BCUT2D eigenvalue weighted by Gasteiger charge is -2.21. The van der Waals surface area contributed by atoms with Gasteiger partial charge in [-0.1, -0.05) is 22.0 Å². The van der Waals surface area contributed by atoms with Gasteiger partial charge < -0.3 is 10.0 Å². The Morgan fingerprint density at radius 2 is 2.24 bits per heavy atom. The Labute approximate surface area is 131 Å². The van der Waals surface area contributed by atoms with Gasteiger partial charge in [0.2, 0.25) is 0 Å². The van der Waals surface area contributed by atoms with E-state index in [0.717, 1.165) is 21.7 Å². The van der Waals surface area contributed by atoms with Gasteiger partial charge in [-0.3, -0.25) is 9.78 Å². The first-order chi connectivity index (χ1) is 10.1. The number of carbonyl (C=O) groups excluding carboxylic acids is 1. The lowest BCUT2D eigenvalue weighted by atomic mass is 10.1. The molecule has 1 saturated heterocycles. The molecule has 0 aliphatic carbocycles. The van der Waals surface area contributed by atoms with Gasteiger partial charge in [-0.2, -0.15) is 0 Å². The smallest absolute Gasteiger partial charge is 0.272 e. The zero-order valence-corrected chi connectivity index (χ0v) is 13.4. The second-order valence-electron chi connectivity index (χ2n) is 5.65. The maximum Gasteiger partial charge on any atom is 0.272 e. The number of nitrogens with zero attached hydrogens (tertiary/aromatic N) is 2. The van der Waals surface area contributed by atoms with Gasteiger partial charge in [-0.15, -0.1) is 0 Å². The molecule has 3 rings (SSSR count). The summed E-state index contributed by atoms with van der Waals surface area (Å²) in [6, 6.07) is 7.90. The van der Waals surface area contributed by atoms with Crippen molar-refractivity contribution in [2.45, 2.75) is 19.4 Å². The molecule has 1 N–H and O–H groups in total. The summed E-state index contributed by atoms with van der Waals surface area (Å²) in [4.78, 5) is 18.7. The molecule has 2 atom stereocenters. The molecule has 110 valence electrons. The number of carbonyl (C=O) groups is 1. The van der Waals surface area contributed by atoms with Crippen LogP contribution in [-0.4, -0.2) is 40.1 Å². The van der Waals surface area contributed by atoms with Crippen molar-refractivity contribution in [2.24, 2.45) is 5.92 Å². The first-order valence-electron chi connectivity index (χ1n) is 7.05. The van der Waals surface area contributed by atoms with Crippen molar-refractivity contribution in [1.29, 1.82) is 0 Å². The van der Waals surface area contributed by atoms with E-state index >= 15 is 0 Å². The van der Waals surface area contributed by atoms with Gasteiger partial charge in [0.05, 0.1) is 0 Å². The summed E-state index contributed by atoms with van der Waals surface area (Å²) in [5, 5.41) is 11.3. The number of rotatable bonds is 2. The summed E-state index contributed by atoms with van der Waals surface area (Å²) in [5.41, 5.74) is 0.468. The Kier molecular flexibility index (Phi) is 3.95. The van der Waals surface area contributed by atoms with Crippen molar-refractivity contribution in [1.82, 2.24) is 9.88 Å². The molecule has 1 aliphatic heterocycles. The number of likely N-dealkylation sites (tertiary alicyclic amines) is 1. The Hall–Kier alpha value is -1.46. The number of aliphatic hydroxyl groups is 1. The number of hydrogen-bond acceptors (Lipinski definition) is 3. The second-order valence-corrected chi connectivity index (χ2v) is 6.57. The first-order valence-corrected chi connectivity index (χ1v) is 7.85. The van der Waals surface area contributed by atoms with Gasteiger partial charge in [0.25, 0.3) is 5.91 Å². The summed E-state index contributed by atoms with van der Waals surface area (Å²) in [6.45, 7) is 2.76. The van der Waals surface area contributed by atoms with Crippen molar-refractivity contribution in [2.75, 3.05) is 13.2 Å². The van der Waals surface area contributed by atoms with E-state index < -0.39 is 0 Å². The highest BCUT2D eigenvalue weighted by Gasteiger charge is 2.32. The minimum Gasteiger partial charge on any atom is -0.396 e. The Morgan fingerprint density at radius 1 is 1.43 bits per heavy atom. The third-order valence-corrected chi connectivity index (χ3v) is 4.58. The normalized spacial score (nSPS) is 22.0. The molecule has 21 heavy (non-hydrogen) atoms. The number of pyridine rings is 1. The average Bonchev–Trinajstić information content (AvgIpc) is 2.87. The molecule has 5 heteroatoms. The summed E-state index contributed by atoms with van der Waals surface area (Å²) in [5.74, 6) is 0.128. The van der Waals surface area contributed by atoms with Crippen LogP contribution in [0.2, 0.25) is 0 Å². The van der Waals surface area contributed by atoms with E-state index in [-0.39, 0.29) is 24.5 Å². The van der Waals surface area contributed by atoms with Crippen molar-refractivity contribution in [3.05, 3.63) is 40.6 Å². The summed E-state index contributed by atoms with van der Waals surface area (Å²) in [7, 11) is 0. The number of aliphatic hydroxyl groups excluding tert-OH is 1. The topological polar surface area (TPSA) is 53.4 Å². The summed E-state index contributed by atoms with van der Waals surface area (Å²) < 4.78 is 0.995. The fourth-order valence-electron chi connectivity index (χ4n) is 2.93. The van der Waals surface area contributed by atoms with Gasteiger partial charge in [0, 0.05) is 41.2 Å². The first kappa shape index (κ1) is 14.5. The molecule has 0 saturated carbocycles. The third-order valence-electron chi connectivity index (χ3n) is 4.08. The van der Waals surface area contributed by atoms with Crippen LogP contribution < -0.4 is 0 Å². The molecule has 0 spiro atoms. The number of benzene rings is 1. The van der Waals surface area contributed by atoms with Crippen molar-refractivity contribution in [3.63, 3.8) is 0 Å². The maximum atomic E-state index is 12.6. The predicted molar refractivity (Wildman–Crippen MR) is 85.1 cm³/mol. The van der Waals surface area contributed by atoms with Gasteiger partial charge in [-0.25, -0.2) is 0 Å². The zero-order chi connectivity index (χ0) is 15.0. The van der Waals surface area contributed by atoms with E-state index in [1.807, 2.05) is 36.1 Å². The lowest BCUT2D eigenvalue weighted by molar-refractivity contribution is 0.0733. The molecule has 2 heterocycles. The van der Waals surface area contributed by atoms with Crippen molar-refractivity contribution < 1.29 is 9.90 Å². The number of aromatic nitrogens is 1. The molecule has 1 aromatic heterocycles. The number of fused-ring (bicyclic) bond motifs is 1. The van der Waals surface area contributed by atoms with Crippen LogP contribution in [0.3, 0.4) is 0 Å². The standard InChI is InChI=1S/C16H17BrN2O2/c1-10-4-11(9-20)8-19(10)16(21)15-6-12-2-3-14(17)5-13(12)7-18-15/h2-3,5-7,10-11,20H,4,8-9H2,1H3. The average molecular weight is 349 g/mol. The minimum absolute atomic E-state index is 0.0525. The molecular formula is C16H17BrN2O2. The van der Waals surface area contributed by atoms with Crippen LogP contribution in [0, 0.1) is 5.92 Å². The second kappa shape index (κ2) is 5.73. The molecule has 4 nitrogen and oxygen atoms in total. The highest BCUT2D eigenvalue weighted by molar-refractivity contribution is 9.10. The van der Waals surface area contributed by atoms with Crippen LogP contribution in [0.25, 0.3) is 10.8 Å². The highest BCUT2D eigenvalue weighted by atomic mass is 79.9. The SMILES string of the molecule is CC1CC(CO)CN1C(=O)c1cc2ccc(Br)cc2cn1. The van der Waals surface area contributed by atoms with Crippen LogP contribution >= 0.6 is 15.9 Å². The van der Waals surface area contributed by atoms with Crippen LogP contribution in [0.1, 0.15) is 23.8 Å². The minimum atomic E-state index is -0.0525. The van der Waals surface area contributed by atoms with Crippen LogP contribution in [-0.2, 0) is 0 Å². The molecule has 1 aromatic carbocycles. The number of halogens is 1. The lowest BCUT2D eigenvalue weighted by Crippen LogP contribution is -2.34. The van der Waals surface area contributed by atoms with Gasteiger partial charge in [0.15, 0.2) is 0 Å². The fraction of sp³-hybridized carbons (Fsp3) is 0.375. The fourth-order valence-corrected chi connectivity index (χ4v) is 3.31. The van der Waals surface area contributed by atoms with E-state index in [0.29, 0.717) is 12.2 Å². The molecule has 0 radical (unpaired) electrons. The monoisotopic (exact) mass is 348 g/mol. The molecule has 0 bridgehead atoms. The maximum absolute atomic E-state index is 12.6. The van der Waals surface area contributed by atoms with Crippen LogP contribution in [0.5, 0.6) is 0 Å². The molecule has 1 amide bonds. The highest BCUT2D eigenvalue weighted by Crippen LogP contribution is 2.25. The molecule has 1 aliphatic rings. The van der Waals surface area contributed by atoms with E-state index in [9.17, 15) is 9.90 Å². The van der Waals surface area contributed by atoms with E-state index in [1.165, 1.54) is 0 Å². The predicted octanol–water partition coefficient (Wildman–Crippen LogP) is 2.84. The van der Waals surface area contributed by atoms with Gasteiger partial charge in [0.1, 0.15) is 5.69 Å². The van der Waals surface area contributed by atoms with Crippen LogP contribution in [0.4, 0.5) is 0 Å². The van der Waals surface area contributed by atoms with Crippen molar-refractivity contribution in [3.8, 4) is 0 Å². The Balaban J connectivity index is 1.89. The van der Waals surface area contributed by atoms with E-state index in [1.54, 1.807) is 6.20 Å². The van der Waals surface area contributed by atoms with Crippen LogP contribution in [0.15, 0.2) is 34.9 Å². The Bertz CT molecular complexity index is 689. The molecule has 2 aromatic rings. The van der Waals surface area contributed by atoms with Crippen molar-refractivity contribution >= 4 is 32.6 Å². The summed E-state index contributed by atoms with van der Waals surface area (Å²) >= 11 is 3.43. The van der Waals surface area contributed by atoms with Gasteiger partial charge in [-0.05, 0) is 36.9 Å². The Morgan fingerprint density at radius 3 is 2.95 bits per heavy atom. The molecular weight excluding hydrogens is 332 g/mol.